The summed E-state index contributed by atoms with van der Waals surface area (Å²) in [5.41, 5.74) is -1.35. The first-order valence-electron chi connectivity index (χ1n) is 5.81. The topological polar surface area (TPSA) is 92.7 Å². The van der Waals surface area contributed by atoms with Gasteiger partial charge in [-0.05, 0) is 43.5 Å². The minimum atomic E-state index is -3.84. The quantitative estimate of drug-likeness (QED) is 0.841. The lowest BCUT2D eigenvalue weighted by Crippen LogP contribution is -2.58. The number of benzene rings is 1. The molecule has 0 unspecified atom stereocenters. The lowest BCUT2D eigenvalue weighted by Gasteiger charge is -2.37. The second-order valence-corrected chi connectivity index (χ2v) is 6.20. The van der Waals surface area contributed by atoms with Gasteiger partial charge in [0.2, 0.25) is 10.0 Å². The van der Waals surface area contributed by atoms with Gasteiger partial charge in [-0.1, -0.05) is 0 Å². The van der Waals surface area contributed by atoms with E-state index >= 15 is 0 Å². The molecule has 0 spiro atoms. The molecule has 1 aliphatic rings. The maximum atomic E-state index is 12.1. The van der Waals surface area contributed by atoms with Crippen molar-refractivity contribution in [3.8, 4) is 5.75 Å². The fraction of sp³-hybridized carbons (Fsp3) is 0.417. The molecule has 2 N–H and O–H groups in total. The van der Waals surface area contributed by atoms with Gasteiger partial charge >= 0.3 is 5.97 Å². The van der Waals surface area contributed by atoms with Crippen LogP contribution < -0.4 is 9.46 Å². The Morgan fingerprint density at radius 3 is 2.26 bits per heavy atom. The molecule has 7 heteroatoms. The van der Waals surface area contributed by atoms with Gasteiger partial charge in [-0.2, -0.15) is 4.72 Å². The molecule has 1 saturated carbocycles. The van der Waals surface area contributed by atoms with Crippen LogP contribution in [-0.4, -0.2) is 32.1 Å². The largest absolute Gasteiger partial charge is 0.497 e. The first kappa shape index (κ1) is 13.8. The lowest BCUT2D eigenvalue weighted by molar-refractivity contribution is -0.147. The first-order valence-corrected chi connectivity index (χ1v) is 7.29. The predicted molar refractivity (Wildman–Crippen MR) is 67.5 cm³/mol. The molecular formula is C12H15NO5S. The highest BCUT2D eigenvalue weighted by Crippen LogP contribution is 2.33. The van der Waals surface area contributed by atoms with Crippen LogP contribution in [0.25, 0.3) is 0 Å². The summed E-state index contributed by atoms with van der Waals surface area (Å²) >= 11 is 0. The second-order valence-electron chi connectivity index (χ2n) is 4.52. The number of carbonyl (C=O) groups is 1. The molecule has 0 saturated heterocycles. The number of sulfonamides is 1. The van der Waals surface area contributed by atoms with Crippen molar-refractivity contribution in [2.24, 2.45) is 0 Å². The molecule has 1 aliphatic carbocycles. The highest BCUT2D eigenvalue weighted by Gasteiger charge is 2.47. The standard InChI is InChI=1S/C12H15NO5S/c1-18-9-3-5-10(6-4-9)19(16,17)13-12(11(14)15)7-2-8-12/h3-6,13H,2,7-8H2,1H3,(H,14,15). The summed E-state index contributed by atoms with van der Waals surface area (Å²) in [6, 6.07) is 5.80. The number of ether oxygens (including phenoxy) is 1. The van der Waals surface area contributed by atoms with Crippen molar-refractivity contribution in [2.45, 2.75) is 29.7 Å². The molecule has 19 heavy (non-hydrogen) atoms. The molecule has 0 amide bonds. The van der Waals surface area contributed by atoms with E-state index in [1.165, 1.54) is 31.4 Å². The van der Waals surface area contributed by atoms with Gasteiger partial charge in [0, 0.05) is 0 Å². The number of hydrogen-bond donors (Lipinski definition) is 2. The van der Waals surface area contributed by atoms with Crippen molar-refractivity contribution in [3.63, 3.8) is 0 Å². The first-order chi connectivity index (χ1) is 8.89. The number of carboxylic acid groups (broad SMARTS) is 1. The predicted octanol–water partition coefficient (Wildman–Crippen LogP) is 0.981. The van der Waals surface area contributed by atoms with Crippen LogP contribution in [0.4, 0.5) is 0 Å². The summed E-state index contributed by atoms with van der Waals surface area (Å²) in [6.45, 7) is 0. The van der Waals surface area contributed by atoms with Gasteiger partial charge in [-0.3, -0.25) is 4.79 Å². The van der Waals surface area contributed by atoms with Crippen LogP contribution in [0.2, 0.25) is 0 Å². The number of carboxylic acids is 1. The number of rotatable bonds is 5. The molecule has 2 rings (SSSR count). The SMILES string of the molecule is COc1ccc(S(=O)(=O)NC2(C(=O)O)CCC2)cc1. The van der Waals surface area contributed by atoms with Gasteiger partial charge in [0.25, 0.3) is 0 Å². The minimum Gasteiger partial charge on any atom is -0.497 e. The minimum absolute atomic E-state index is 0.0285. The number of aliphatic carboxylic acids is 1. The Kier molecular flexibility index (Phi) is 3.51. The smallest absolute Gasteiger partial charge is 0.324 e. The average molecular weight is 285 g/mol. The van der Waals surface area contributed by atoms with Crippen LogP contribution in [0.15, 0.2) is 29.2 Å². The van der Waals surface area contributed by atoms with Gasteiger partial charge < -0.3 is 9.84 Å². The van der Waals surface area contributed by atoms with E-state index in [2.05, 4.69) is 4.72 Å². The van der Waals surface area contributed by atoms with E-state index in [1.807, 2.05) is 0 Å². The van der Waals surface area contributed by atoms with Crippen molar-refractivity contribution < 1.29 is 23.1 Å². The molecule has 0 bridgehead atoms. The summed E-state index contributed by atoms with van der Waals surface area (Å²) in [6.07, 6.45) is 1.34. The number of methoxy groups -OCH3 is 1. The normalized spacial score (nSPS) is 17.5. The highest BCUT2D eigenvalue weighted by molar-refractivity contribution is 7.89. The van der Waals surface area contributed by atoms with Crippen LogP contribution in [0.1, 0.15) is 19.3 Å². The van der Waals surface area contributed by atoms with Gasteiger partial charge in [0.15, 0.2) is 0 Å². The van der Waals surface area contributed by atoms with E-state index < -0.39 is 21.5 Å². The molecule has 1 fully saturated rings. The van der Waals surface area contributed by atoms with E-state index in [1.54, 1.807) is 0 Å². The molecule has 1 aromatic rings. The van der Waals surface area contributed by atoms with Gasteiger partial charge in [0.05, 0.1) is 12.0 Å². The molecule has 0 heterocycles. The number of hydrogen-bond acceptors (Lipinski definition) is 4. The van der Waals surface area contributed by atoms with Crippen molar-refractivity contribution in [2.75, 3.05) is 7.11 Å². The maximum absolute atomic E-state index is 12.1. The maximum Gasteiger partial charge on any atom is 0.324 e. The van der Waals surface area contributed by atoms with Crippen LogP contribution in [0, 0.1) is 0 Å². The van der Waals surface area contributed by atoms with Crippen LogP contribution in [0.3, 0.4) is 0 Å². The summed E-state index contributed by atoms with van der Waals surface area (Å²) in [4.78, 5) is 11.2. The van der Waals surface area contributed by atoms with Crippen molar-refractivity contribution in [3.05, 3.63) is 24.3 Å². The Balaban J connectivity index is 2.24. The third-order valence-corrected chi connectivity index (χ3v) is 4.87. The summed E-state index contributed by atoms with van der Waals surface area (Å²) in [5, 5.41) is 9.13. The van der Waals surface area contributed by atoms with E-state index in [4.69, 9.17) is 9.84 Å². The zero-order chi connectivity index (χ0) is 14.1. The summed E-state index contributed by atoms with van der Waals surface area (Å²) in [5.74, 6) is -0.591. The second kappa shape index (κ2) is 4.82. The molecule has 0 aliphatic heterocycles. The zero-order valence-corrected chi connectivity index (χ0v) is 11.2. The molecule has 0 aromatic heterocycles. The lowest BCUT2D eigenvalue weighted by atomic mass is 9.78. The van der Waals surface area contributed by atoms with Crippen molar-refractivity contribution >= 4 is 16.0 Å². The Morgan fingerprint density at radius 1 is 1.32 bits per heavy atom. The van der Waals surface area contributed by atoms with Crippen molar-refractivity contribution in [1.82, 2.24) is 4.72 Å². The van der Waals surface area contributed by atoms with Crippen LogP contribution in [0.5, 0.6) is 5.75 Å². The van der Waals surface area contributed by atoms with E-state index in [0.29, 0.717) is 25.0 Å². The fourth-order valence-corrected chi connectivity index (χ4v) is 3.38. The zero-order valence-electron chi connectivity index (χ0n) is 10.4. The monoisotopic (exact) mass is 285 g/mol. The van der Waals surface area contributed by atoms with E-state index in [0.717, 1.165) is 0 Å². The van der Waals surface area contributed by atoms with Gasteiger partial charge in [0.1, 0.15) is 11.3 Å². The Labute approximate surface area is 111 Å². The Bertz CT molecular complexity index is 575. The Morgan fingerprint density at radius 2 is 1.89 bits per heavy atom. The molecule has 104 valence electrons. The van der Waals surface area contributed by atoms with Gasteiger partial charge in [-0.15, -0.1) is 0 Å². The van der Waals surface area contributed by atoms with Crippen molar-refractivity contribution in [1.29, 1.82) is 0 Å². The Hall–Kier alpha value is -1.60. The van der Waals surface area contributed by atoms with E-state index in [9.17, 15) is 13.2 Å². The molecule has 1 aromatic carbocycles. The molecular weight excluding hydrogens is 270 g/mol. The summed E-state index contributed by atoms with van der Waals surface area (Å²) < 4.78 is 31.5. The van der Waals surface area contributed by atoms with E-state index in [-0.39, 0.29) is 4.90 Å². The third kappa shape index (κ3) is 2.57. The van der Waals surface area contributed by atoms with Crippen LogP contribution >= 0.6 is 0 Å². The molecule has 0 atom stereocenters. The fourth-order valence-electron chi connectivity index (χ4n) is 1.96. The average Bonchev–Trinajstić information content (AvgIpc) is 2.33. The van der Waals surface area contributed by atoms with Gasteiger partial charge in [-0.25, -0.2) is 8.42 Å². The summed E-state index contributed by atoms with van der Waals surface area (Å²) in [7, 11) is -2.35. The number of nitrogens with one attached hydrogen (secondary N) is 1. The highest BCUT2D eigenvalue weighted by atomic mass is 32.2. The third-order valence-electron chi connectivity index (χ3n) is 3.32. The molecule has 6 nitrogen and oxygen atoms in total. The molecule has 0 radical (unpaired) electrons. The van der Waals surface area contributed by atoms with Crippen LogP contribution in [-0.2, 0) is 14.8 Å².